The third-order valence-electron chi connectivity index (χ3n) is 5.39. The number of hydrogen-bond donors (Lipinski definition) is 1. The number of piperazine rings is 2. The fourth-order valence-electron chi connectivity index (χ4n) is 3.71. The number of halogens is 1. The van der Waals surface area contributed by atoms with Gasteiger partial charge in [-0.25, -0.2) is 0 Å². The highest BCUT2D eigenvalue weighted by Gasteiger charge is 2.25. The molecule has 9 heteroatoms. The number of hydrogen-bond acceptors (Lipinski definition) is 6. The Balaban J connectivity index is 0.00000225. The van der Waals surface area contributed by atoms with Crippen molar-refractivity contribution in [3.05, 3.63) is 23.8 Å². The zero-order valence-electron chi connectivity index (χ0n) is 15.9. The van der Waals surface area contributed by atoms with Crippen LogP contribution in [0.15, 0.2) is 18.2 Å². The molecule has 0 unspecified atom stereocenters. The summed E-state index contributed by atoms with van der Waals surface area (Å²) in [6, 6.07) is 5.32. The van der Waals surface area contributed by atoms with E-state index in [9.17, 15) is 9.59 Å². The van der Waals surface area contributed by atoms with E-state index in [4.69, 9.17) is 9.47 Å². The van der Waals surface area contributed by atoms with Gasteiger partial charge in [0.15, 0.2) is 11.5 Å². The first-order chi connectivity index (χ1) is 13.2. The molecule has 3 aliphatic rings. The lowest BCUT2D eigenvalue weighted by atomic mass is 10.1. The van der Waals surface area contributed by atoms with Crippen LogP contribution in [0, 0.1) is 0 Å². The predicted molar refractivity (Wildman–Crippen MR) is 106 cm³/mol. The number of benzene rings is 1. The average molecular weight is 411 g/mol. The van der Waals surface area contributed by atoms with Gasteiger partial charge in [0.25, 0.3) is 5.91 Å². The van der Waals surface area contributed by atoms with Gasteiger partial charge in [0.2, 0.25) is 12.7 Å². The second kappa shape index (κ2) is 9.45. The van der Waals surface area contributed by atoms with Crippen LogP contribution in [-0.4, -0.2) is 92.2 Å². The zero-order valence-corrected chi connectivity index (χ0v) is 16.7. The van der Waals surface area contributed by atoms with Crippen molar-refractivity contribution in [2.24, 2.45) is 0 Å². The number of nitrogens with zero attached hydrogens (tertiary/aromatic N) is 3. The number of rotatable bonds is 4. The molecule has 2 fully saturated rings. The quantitative estimate of drug-likeness (QED) is 0.775. The number of ether oxygens (including phenoxy) is 2. The molecule has 0 bridgehead atoms. The van der Waals surface area contributed by atoms with E-state index in [1.165, 1.54) is 0 Å². The van der Waals surface area contributed by atoms with Crippen molar-refractivity contribution in [1.82, 2.24) is 20.0 Å². The van der Waals surface area contributed by atoms with Crippen molar-refractivity contribution in [3.63, 3.8) is 0 Å². The van der Waals surface area contributed by atoms with E-state index in [2.05, 4.69) is 10.2 Å². The molecule has 1 aromatic rings. The summed E-state index contributed by atoms with van der Waals surface area (Å²) in [4.78, 5) is 31.1. The number of nitrogens with one attached hydrogen (secondary N) is 1. The van der Waals surface area contributed by atoms with Crippen LogP contribution in [0.1, 0.15) is 16.8 Å². The van der Waals surface area contributed by atoms with Crippen LogP contribution >= 0.6 is 12.4 Å². The zero-order chi connectivity index (χ0) is 18.6. The SMILES string of the molecule is Cl.O=C(CCN1CCN(C(=O)c2ccc3c(c2)OCO3)CC1)N1CCNCC1. The number of carbonyl (C=O) groups excluding carboxylic acids is 2. The maximum Gasteiger partial charge on any atom is 0.254 e. The van der Waals surface area contributed by atoms with Crippen molar-refractivity contribution in [2.75, 3.05) is 65.7 Å². The van der Waals surface area contributed by atoms with E-state index in [1.807, 2.05) is 9.80 Å². The van der Waals surface area contributed by atoms with E-state index in [1.54, 1.807) is 18.2 Å². The van der Waals surface area contributed by atoms with Crippen molar-refractivity contribution >= 4 is 24.2 Å². The molecule has 4 rings (SSSR count). The summed E-state index contributed by atoms with van der Waals surface area (Å²) in [6.07, 6.45) is 0.552. The Bertz CT molecular complexity index is 703. The monoisotopic (exact) mass is 410 g/mol. The molecule has 3 aliphatic heterocycles. The third-order valence-corrected chi connectivity index (χ3v) is 5.39. The largest absolute Gasteiger partial charge is 0.454 e. The maximum atomic E-state index is 12.7. The van der Waals surface area contributed by atoms with Crippen LogP contribution in [0.2, 0.25) is 0 Å². The molecule has 0 spiro atoms. The molecule has 0 aromatic heterocycles. The highest BCUT2D eigenvalue weighted by Crippen LogP contribution is 2.32. The Morgan fingerprint density at radius 1 is 0.929 bits per heavy atom. The molecule has 0 radical (unpaired) electrons. The van der Waals surface area contributed by atoms with Crippen molar-refractivity contribution in [1.29, 1.82) is 0 Å². The molecule has 0 atom stereocenters. The maximum absolute atomic E-state index is 12.7. The van der Waals surface area contributed by atoms with Crippen molar-refractivity contribution < 1.29 is 19.1 Å². The van der Waals surface area contributed by atoms with Gasteiger partial charge in [-0.05, 0) is 18.2 Å². The fraction of sp³-hybridized carbons (Fsp3) is 0.579. The Morgan fingerprint density at radius 2 is 1.64 bits per heavy atom. The van der Waals surface area contributed by atoms with E-state index < -0.39 is 0 Å². The average Bonchev–Trinajstić information content (AvgIpc) is 3.20. The topological polar surface area (TPSA) is 74.4 Å². The fourth-order valence-corrected chi connectivity index (χ4v) is 3.71. The van der Waals surface area contributed by atoms with Crippen LogP contribution in [0.3, 0.4) is 0 Å². The molecular weight excluding hydrogens is 384 g/mol. The van der Waals surface area contributed by atoms with Gasteiger partial charge in [0.1, 0.15) is 0 Å². The van der Waals surface area contributed by atoms with Crippen LogP contribution in [0.5, 0.6) is 11.5 Å². The molecule has 2 saturated heterocycles. The molecule has 2 amide bonds. The number of carbonyl (C=O) groups is 2. The second-order valence-electron chi connectivity index (χ2n) is 7.08. The van der Waals surface area contributed by atoms with Crippen LogP contribution in [0.4, 0.5) is 0 Å². The van der Waals surface area contributed by atoms with Gasteiger partial charge in [-0.2, -0.15) is 0 Å². The Labute approximate surface area is 171 Å². The summed E-state index contributed by atoms with van der Waals surface area (Å²) >= 11 is 0. The first-order valence-corrected chi connectivity index (χ1v) is 9.60. The summed E-state index contributed by atoms with van der Waals surface area (Å²) in [6.45, 7) is 7.28. The first-order valence-electron chi connectivity index (χ1n) is 9.60. The molecule has 8 nitrogen and oxygen atoms in total. The standard InChI is InChI=1S/C19H26N4O4.ClH/c24-18(22-7-4-20-5-8-22)3-6-21-9-11-23(12-10-21)19(25)15-1-2-16-17(13-15)27-14-26-16;/h1-2,13,20H,3-12,14H2;1H. The number of amides is 2. The number of fused-ring (bicyclic) bond motifs is 1. The highest BCUT2D eigenvalue weighted by atomic mass is 35.5. The van der Waals surface area contributed by atoms with Gasteiger partial charge >= 0.3 is 0 Å². The molecule has 3 heterocycles. The van der Waals surface area contributed by atoms with E-state index in [0.29, 0.717) is 36.6 Å². The Kier molecular flexibility index (Phi) is 6.98. The summed E-state index contributed by atoms with van der Waals surface area (Å²) in [5.74, 6) is 1.57. The minimum absolute atomic E-state index is 0. The van der Waals surface area contributed by atoms with Crippen molar-refractivity contribution in [2.45, 2.75) is 6.42 Å². The Hall–Kier alpha value is -2.03. The Morgan fingerprint density at radius 3 is 2.39 bits per heavy atom. The van der Waals surface area contributed by atoms with Gasteiger partial charge in [-0.3, -0.25) is 14.5 Å². The molecule has 1 N–H and O–H groups in total. The summed E-state index contributed by atoms with van der Waals surface area (Å²) in [5, 5.41) is 3.26. The van der Waals surface area contributed by atoms with Crippen LogP contribution < -0.4 is 14.8 Å². The summed E-state index contributed by atoms with van der Waals surface area (Å²) in [5.41, 5.74) is 0.626. The van der Waals surface area contributed by atoms with Crippen LogP contribution in [-0.2, 0) is 4.79 Å². The summed E-state index contributed by atoms with van der Waals surface area (Å²) < 4.78 is 10.7. The van der Waals surface area contributed by atoms with Crippen LogP contribution in [0.25, 0.3) is 0 Å². The summed E-state index contributed by atoms with van der Waals surface area (Å²) in [7, 11) is 0. The minimum Gasteiger partial charge on any atom is -0.454 e. The lowest BCUT2D eigenvalue weighted by Gasteiger charge is -2.35. The van der Waals surface area contributed by atoms with Gasteiger partial charge < -0.3 is 24.6 Å². The second-order valence-corrected chi connectivity index (χ2v) is 7.08. The highest BCUT2D eigenvalue weighted by molar-refractivity contribution is 5.95. The molecule has 0 saturated carbocycles. The van der Waals surface area contributed by atoms with E-state index in [0.717, 1.165) is 45.8 Å². The molecule has 154 valence electrons. The third kappa shape index (κ3) is 4.68. The predicted octanol–water partition coefficient (Wildman–Crippen LogP) is 0.417. The smallest absolute Gasteiger partial charge is 0.254 e. The van der Waals surface area contributed by atoms with E-state index >= 15 is 0 Å². The van der Waals surface area contributed by atoms with Crippen molar-refractivity contribution in [3.8, 4) is 11.5 Å². The first kappa shape index (κ1) is 20.7. The lowest BCUT2D eigenvalue weighted by molar-refractivity contribution is -0.132. The lowest BCUT2D eigenvalue weighted by Crippen LogP contribution is -2.50. The minimum atomic E-state index is 0. The molecule has 1 aromatic carbocycles. The van der Waals surface area contributed by atoms with E-state index in [-0.39, 0.29) is 31.0 Å². The van der Waals surface area contributed by atoms with Gasteiger partial charge in [-0.1, -0.05) is 0 Å². The molecule has 0 aliphatic carbocycles. The normalized spacial score (nSPS) is 19.3. The van der Waals surface area contributed by atoms with Gasteiger partial charge in [0.05, 0.1) is 0 Å². The van der Waals surface area contributed by atoms with Gasteiger partial charge in [-0.15, -0.1) is 12.4 Å². The molecule has 28 heavy (non-hydrogen) atoms. The molecular formula is C19H27ClN4O4. The van der Waals surface area contributed by atoms with Gasteiger partial charge in [0, 0.05) is 70.9 Å².